The molecule has 0 heterocycles. The van der Waals surface area contributed by atoms with E-state index < -0.39 is 22.9 Å². The molecule has 0 saturated heterocycles. The summed E-state index contributed by atoms with van der Waals surface area (Å²) in [6, 6.07) is 8.83. The molecule has 0 aromatic heterocycles. The third-order valence-electron chi connectivity index (χ3n) is 4.15. The molecule has 0 bridgehead atoms. The van der Waals surface area contributed by atoms with E-state index in [0.717, 1.165) is 12.1 Å². The molecule has 1 atom stereocenters. The number of hydrogen-bond donors (Lipinski definition) is 1. The van der Waals surface area contributed by atoms with Crippen LogP contribution in [0.2, 0.25) is 0 Å². The average molecular weight is 430 g/mol. The fourth-order valence-electron chi connectivity index (χ4n) is 2.54. The minimum Gasteiger partial charge on any atom is -0.497 e. The molecule has 0 fully saturated rings. The van der Waals surface area contributed by atoms with Gasteiger partial charge >= 0.3 is 5.97 Å². The van der Waals surface area contributed by atoms with Crippen LogP contribution in [0.3, 0.4) is 0 Å². The molecule has 0 aliphatic rings. The van der Waals surface area contributed by atoms with E-state index in [1.807, 2.05) is 0 Å². The van der Waals surface area contributed by atoms with Crippen molar-refractivity contribution in [1.82, 2.24) is 0 Å². The van der Waals surface area contributed by atoms with Gasteiger partial charge < -0.3 is 24.3 Å². The summed E-state index contributed by atoms with van der Waals surface area (Å²) in [4.78, 5) is 34.9. The van der Waals surface area contributed by atoms with E-state index in [9.17, 15) is 19.7 Å². The molecule has 2 aromatic rings. The predicted molar refractivity (Wildman–Crippen MR) is 112 cm³/mol. The Labute approximate surface area is 178 Å². The van der Waals surface area contributed by atoms with E-state index in [2.05, 4.69) is 5.32 Å². The van der Waals surface area contributed by atoms with Crippen molar-refractivity contribution in [2.24, 2.45) is 0 Å². The van der Waals surface area contributed by atoms with Crippen LogP contribution in [0.15, 0.2) is 42.5 Å². The molecule has 0 spiro atoms. The van der Waals surface area contributed by atoms with Gasteiger partial charge in [-0.1, -0.05) is 0 Å². The van der Waals surface area contributed by atoms with E-state index in [1.165, 1.54) is 46.5 Å². The lowest BCUT2D eigenvalue weighted by atomic mass is 10.1. The van der Waals surface area contributed by atoms with E-state index >= 15 is 0 Å². The van der Waals surface area contributed by atoms with Gasteiger partial charge in [0.05, 0.1) is 31.9 Å². The Balaban J connectivity index is 2.07. The summed E-state index contributed by atoms with van der Waals surface area (Å²) in [6.45, 7) is 1.37. The first-order chi connectivity index (χ1) is 14.8. The highest BCUT2D eigenvalue weighted by Crippen LogP contribution is 2.29. The molecular formula is C21H22N2O8. The van der Waals surface area contributed by atoms with Crippen molar-refractivity contribution >= 4 is 29.3 Å². The fraction of sp³-hybridized carbons (Fsp3) is 0.238. The molecule has 0 unspecified atom stereocenters. The van der Waals surface area contributed by atoms with Gasteiger partial charge in [-0.25, -0.2) is 4.79 Å². The summed E-state index contributed by atoms with van der Waals surface area (Å²) in [5.74, 6) is -0.124. The van der Waals surface area contributed by atoms with E-state index in [4.69, 9.17) is 18.9 Å². The second-order valence-corrected chi connectivity index (χ2v) is 6.15. The number of carbonyl (C=O) groups excluding carboxylic acids is 2. The molecule has 10 nitrogen and oxygen atoms in total. The summed E-state index contributed by atoms with van der Waals surface area (Å²) in [5.41, 5.74) is 0.439. The normalized spacial score (nSPS) is 11.5. The number of methoxy groups -OCH3 is 3. The highest BCUT2D eigenvalue weighted by molar-refractivity contribution is 5.98. The quantitative estimate of drug-likeness (QED) is 0.278. The van der Waals surface area contributed by atoms with Crippen LogP contribution in [0.4, 0.5) is 11.4 Å². The number of nitro benzene ring substituents is 1. The van der Waals surface area contributed by atoms with E-state index in [-0.39, 0.29) is 17.1 Å². The standard InChI is InChI=1S/C21H22N2O8/c1-13(21(25)22-17-12-15(23(26)27)6-8-19(17)30-4)31-20(24)10-5-14-11-16(28-2)7-9-18(14)29-3/h5-13H,1-4H3,(H,22,25)/t13-/m1/s1. The average Bonchev–Trinajstić information content (AvgIpc) is 2.77. The molecule has 0 aliphatic heterocycles. The lowest BCUT2D eigenvalue weighted by Gasteiger charge is -2.14. The van der Waals surface area contributed by atoms with Crippen molar-refractivity contribution in [2.75, 3.05) is 26.6 Å². The summed E-state index contributed by atoms with van der Waals surface area (Å²) in [6.07, 6.45) is 1.45. The molecule has 0 radical (unpaired) electrons. The van der Waals surface area contributed by atoms with Crippen LogP contribution in [-0.2, 0) is 14.3 Å². The summed E-state index contributed by atoms with van der Waals surface area (Å²) >= 11 is 0. The number of benzene rings is 2. The molecular weight excluding hydrogens is 408 g/mol. The molecule has 0 aliphatic carbocycles. The number of anilines is 1. The number of non-ortho nitro benzene ring substituents is 1. The zero-order chi connectivity index (χ0) is 23.0. The number of nitrogens with one attached hydrogen (secondary N) is 1. The summed E-state index contributed by atoms with van der Waals surface area (Å²) in [7, 11) is 4.37. The van der Waals surface area contributed by atoms with Gasteiger partial charge in [0.15, 0.2) is 6.10 Å². The minimum atomic E-state index is -1.17. The van der Waals surface area contributed by atoms with Crippen molar-refractivity contribution < 1.29 is 33.5 Å². The van der Waals surface area contributed by atoms with Crippen molar-refractivity contribution in [3.63, 3.8) is 0 Å². The molecule has 31 heavy (non-hydrogen) atoms. The van der Waals surface area contributed by atoms with Gasteiger partial charge in [0, 0.05) is 23.8 Å². The Hall–Kier alpha value is -4.08. The SMILES string of the molecule is COc1ccc(OC)c(C=CC(=O)O[C@H](C)C(=O)Nc2cc([N+](=O)[O-])ccc2OC)c1. The molecule has 1 N–H and O–H groups in total. The van der Waals surface area contributed by atoms with Crippen molar-refractivity contribution in [3.8, 4) is 17.2 Å². The molecule has 164 valence electrons. The number of hydrogen-bond acceptors (Lipinski definition) is 8. The smallest absolute Gasteiger partial charge is 0.331 e. The number of ether oxygens (including phenoxy) is 4. The number of nitro groups is 1. The number of amides is 1. The largest absolute Gasteiger partial charge is 0.497 e. The van der Waals surface area contributed by atoms with Crippen LogP contribution >= 0.6 is 0 Å². The number of rotatable bonds is 9. The molecule has 1 amide bonds. The fourth-order valence-corrected chi connectivity index (χ4v) is 2.54. The monoisotopic (exact) mass is 430 g/mol. The lowest BCUT2D eigenvalue weighted by Crippen LogP contribution is -2.29. The lowest BCUT2D eigenvalue weighted by molar-refractivity contribution is -0.384. The summed E-state index contributed by atoms with van der Waals surface area (Å²) in [5, 5.41) is 13.4. The summed E-state index contributed by atoms with van der Waals surface area (Å²) < 4.78 is 20.6. The van der Waals surface area contributed by atoms with Crippen LogP contribution in [0, 0.1) is 10.1 Å². The third-order valence-corrected chi connectivity index (χ3v) is 4.15. The first-order valence-electron chi connectivity index (χ1n) is 9.03. The Morgan fingerprint density at radius 1 is 1.03 bits per heavy atom. The maximum atomic E-state index is 12.4. The third kappa shape index (κ3) is 6.20. The van der Waals surface area contributed by atoms with Gasteiger partial charge in [0.1, 0.15) is 17.2 Å². The van der Waals surface area contributed by atoms with Crippen LogP contribution in [0.25, 0.3) is 6.08 Å². The van der Waals surface area contributed by atoms with Crippen LogP contribution < -0.4 is 19.5 Å². The Morgan fingerprint density at radius 2 is 1.71 bits per heavy atom. The van der Waals surface area contributed by atoms with Gasteiger partial charge in [-0.15, -0.1) is 0 Å². The second kappa shape index (κ2) is 10.6. The minimum absolute atomic E-state index is 0.0845. The van der Waals surface area contributed by atoms with Crippen LogP contribution in [0.1, 0.15) is 12.5 Å². The number of esters is 1. The molecule has 2 rings (SSSR count). The molecule has 10 heteroatoms. The molecule has 2 aromatic carbocycles. The van der Waals surface area contributed by atoms with Gasteiger partial charge in [0.25, 0.3) is 11.6 Å². The highest BCUT2D eigenvalue weighted by Gasteiger charge is 2.20. The predicted octanol–water partition coefficient (Wildman–Crippen LogP) is 3.20. The second-order valence-electron chi connectivity index (χ2n) is 6.15. The van der Waals surface area contributed by atoms with E-state index in [1.54, 1.807) is 18.2 Å². The first-order valence-corrected chi connectivity index (χ1v) is 9.03. The van der Waals surface area contributed by atoms with Gasteiger partial charge in [-0.05, 0) is 37.3 Å². The Morgan fingerprint density at radius 3 is 2.32 bits per heavy atom. The van der Waals surface area contributed by atoms with Gasteiger partial charge in [-0.3, -0.25) is 14.9 Å². The number of nitrogens with zero attached hydrogens (tertiary/aromatic N) is 1. The van der Waals surface area contributed by atoms with Crippen LogP contribution in [0.5, 0.6) is 17.2 Å². The van der Waals surface area contributed by atoms with E-state index in [0.29, 0.717) is 17.1 Å². The van der Waals surface area contributed by atoms with Crippen LogP contribution in [-0.4, -0.2) is 44.2 Å². The Bertz CT molecular complexity index is 1000. The first kappa shape index (κ1) is 23.2. The van der Waals surface area contributed by atoms with Crippen molar-refractivity contribution in [2.45, 2.75) is 13.0 Å². The van der Waals surface area contributed by atoms with Gasteiger partial charge in [0.2, 0.25) is 0 Å². The maximum Gasteiger partial charge on any atom is 0.331 e. The Kier molecular flexibility index (Phi) is 7.95. The topological polar surface area (TPSA) is 126 Å². The highest BCUT2D eigenvalue weighted by atomic mass is 16.6. The maximum absolute atomic E-state index is 12.4. The number of carbonyl (C=O) groups is 2. The molecule has 0 saturated carbocycles. The van der Waals surface area contributed by atoms with Crippen molar-refractivity contribution in [1.29, 1.82) is 0 Å². The zero-order valence-electron chi connectivity index (χ0n) is 17.4. The van der Waals surface area contributed by atoms with Gasteiger partial charge in [-0.2, -0.15) is 0 Å². The zero-order valence-corrected chi connectivity index (χ0v) is 17.4. The van der Waals surface area contributed by atoms with Crippen molar-refractivity contribution in [3.05, 3.63) is 58.2 Å².